The number of nitrogens with zero attached hydrogens (tertiary/aromatic N) is 1. The summed E-state index contributed by atoms with van der Waals surface area (Å²) in [5, 5.41) is 1.77. The van der Waals surface area contributed by atoms with E-state index in [1.54, 1.807) is 36.4 Å². The summed E-state index contributed by atoms with van der Waals surface area (Å²) in [6, 6.07) is 25.9. The Bertz CT molecular complexity index is 1560. The molecule has 4 aromatic rings. The Morgan fingerprint density at radius 1 is 0.919 bits per heavy atom. The highest BCUT2D eigenvalue weighted by atomic mass is 32.2. The van der Waals surface area contributed by atoms with Crippen LogP contribution in [0.5, 0.6) is 11.5 Å². The van der Waals surface area contributed by atoms with Gasteiger partial charge in [-0.2, -0.15) is 0 Å². The number of methoxy groups -OCH3 is 1. The highest BCUT2D eigenvalue weighted by Gasteiger charge is 2.35. The first-order valence-electron chi connectivity index (χ1n) is 11.6. The summed E-state index contributed by atoms with van der Waals surface area (Å²) in [6.45, 7) is 2.10. The van der Waals surface area contributed by atoms with Crippen LogP contribution in [-0.4, -0.2) is 29.1 Å². The van der Waals surface area contributed by atoms with Gasteiger partial charge < -0.3 is 9.47 Å². The lowest BCUT2D eigenvalue weighted by Crippen LogP contribution is -2.27. The van der Waals surface area contributed by atoms with Gasteiger partial charge in [0.25, 0.3) is 11.1 Å². The van der Waals surface area contributed by atoms with Crippen LogP contribution < -0.4 is 9.47 Å². The number of fused-ring (bicyclic) bond motifs is 1. The zero-order valence-electron chi connectivity index (χ0n) is 20.3. The second-order valence-electron chi connectivity index (χ2n) is 8.58. The molecule has 0 unspecified atom stereocenters. The number of ether oxygens (including phenoxy) is 2. The molecule has 1 aliphatic rings. The van der Waals surface area contributed by atoms with Gasteiger partial charge in [-0.25, -0.2) is 4.79 Å². The Hall–Kier alpha value is -4.36. The number of carbonyl (C=O) groups is 3. The quantitative estimate of drug-likeness (QED) is 0.165. The average Bonchev–Trinajstić information content (AvgIpc) is 3.17. The van der Waals surface area contributed by atoms with Gasteiger partial charge >= 0.3 is 5.97 Å². The number of esters is 1. The van der Waals surface area contributed by atoms with Crippen molar-refractivity contribution in [3.63, 3.8) is 0 Å². The van der Waals surface area contributed by atoms with Gasteiger partial charge in [0.05, 0.1) is 24.1 Å². The summed E-state index contributed by atoms with van der Waals surface area (Å²) in [7, 11) is 1.47. The van der Waals surface area contributed by atoms with Gasteiger partial charge in [0.2, 0.25) is 0 Å². The third-order valence-corrected chi connectivity index (χ3v) is 6.93. The predicted molar refractivity (Wildman–Crippen MR) is 145 cm³/mol. The standard InChI is InChI=1S/C30H23NO5S/c1-19-10-13-22(14-11-19)29(33)36-27-24(8-5-9-25(27)35-2)17-26-28(32)31(30(34)37-26)18-20-12-15-21-6-3-4-7-23(21)16-20/h3-17H,18H2,1-2H3/b26-17-. The summed E-state index contributed by atoms with van der Waals surface area (Å²) in [5.41, 5.74) is 2.72. The second kappa shape index (κ2) is 10.3. The monoisotopic (exact) mass is 509 g/mol. The number of hydrogen-bond donors (Lipinski definition) is 0. The summed E-state index contributed by atoms with van der Waals surface area (Å²) in [5.74, 6) is -0.438. The van der Waals surface area contributed by atoms with Crippen LogP contribution in [0.4, 0.5) is 4.79 Å². The lowest BCUT2D eigenvalue weighted by Gasteiger charge is -2.14. The van der Waals surface area contributed by atoms with E-state index < -0.39 is 11.9 Å². The summed E-state index contributed by atoms with van der Waals surface area (Å²) >= 11 is 0.856. The van der Waals surface area contributed by atoms with Crippen LogP contribution in [-0.2, 0) is 11.3 Å². The van der Waals surface area contributed by atoms with Gasteiger partial charge in [-0.1, -0.05) is 66.2 Å². The highest BCUT2D eigenvalue weighted by Crippen LogP contribution is 2.38. The highest BCUT2D eigenvalue weighted by molar-refractivity contribution is 8.18. The van der Waals surface area contributed by atoms with Crippen LogP contribution in [0, 0.1) is 6.92 Å². The van der Waals surface area contributed by atoms with Crippen LogP contribution in [0.25, 0.3) is 16.8 Å². The topological polar surface area (TPSA) is 72.9 Å². The molecular formula is C30H23NO5S. The first kappa shape index (κ1) is 24.3. The molecule has 0 atom stereocenters. The maximum atomic E-state index is 13.2. The number of imide groups is 1. The van der Waals surface area contributed by atoms with Crippen LogP contribution >= 0.6 is 11.8 Å². The number of carbonyl (C=O) groups excluding carboxylic acids is 3. The van der Waals surface area contributed by atoms with E-state index in [4.69, 9.17) is 9.47 Å². The Morgan fingerprint density at radius 2 is 1.68 bits per heavy atom. The molecule has 0 aromatic heterocycles. The zero-order valence-corrected chi connectivity index (χ0v) is 21.1. The van der Waals surface area contributed by atoms with Crippen molar-refractivity contribution in [1.29, 1.82) is 0 Å². The van der Waals surface area contributed by atoms with Crippen molar-refractivity contribution in [3.8, 4) is 11.5 Å². The van der Waals surface area contributed by atoms with Crippen molar-refractivity contribution in [1.82, 2.24) is 4.90 Å². The van der Waals surface area contributed by atoms with E-state index in [1.807, 2.05) is 61.5 Å². The third kappa shape index (κ3) is 5.13. The molecule has 0 saturated carbocycles. The molecule has 184 valence electrons. The van der Waals surface area contributed by atoms with E-state index in [0.717, 1.165) is 33.7 Å². The molecule has 2 amide bonds. The molecule has 6 nitrogen and oxygen atoms in total. The van der Waals surface area contributed by atoms with Gasteiger partial charge in [0, 0.05) is 5.56 Å². The Kier molecular flexibility index (Phi) is 6.79. The van der Waals surface area contributed by atoms with Crippen molar-refractivity contribution >= 4 is 45.7 Å². The molecule has 37 heavy (non-hydrogen) atoms. The van der Waals surface area contributed by atoms with E-state index in [9.17, 15) is 14.4 Å². The predicted octanol–water partition coefficient (Wildman–Crippen LogP) is 6.61. The van der Waals surface area contributed by atoms with Gasteiger partial charge in [0.15, 0.2) is 11.5 Å². The molecule has 0 N–H and O–H groups in total. The van der Waals surface area contributed by atoms with E-state index in [2.05, 4.69) is 0 Å². The number of para-hydroxylation sites is 1. The largest absolute Gasteiger partial charge is 0.493 e. The van der Waals surface area contributed by atoms with Crippen LogP contribution in [0.15, 0.2) is 89.8 Å². The van der Waals surface area contributed by atoms with Crippen molar-refractivity contribution in [2.75, 3.05) is 7.11 Å². The minimum Gasteiger partial charge on any atom is -0.493 e. The van der Waals surface area contributed by atoms with Gasteiger partial charge in [-0.3, -0.25) is 14.5 Å². The van der Waals surface area contributed by atoms with E-state index in [0.29, 0.717) is 16.9 Å². The normalized spacial score (nSPS) is 14.4. The molecule has 5 rings (SSSR count). The zero-order chi connectivity index (χ0) is 25.9. The smallest absolute Gasteiger partial charge is 0.343 e. The first-order valence-corrected chi connectivity index (χ1v) is 12.4. The fraction of sp³-hybridized carbons (Fsp3) is 0.100. The number of benzene rings is 4. The molecular weight excluding hydrogens is 486 g/mol. The minimum absolute atomic E-state index is 0.167. The third-order valence-electron chi connectivity index (χ3n) is 6.03. The molecule has 0 bridgehead atoms. The number of amides is 2. The van der Waals surface area contributed by atoms with Crippen molar-refractivity contribution in [2.45, 2.75) is 13.5 Å². The fourth-order valence-electron chi connectivity index (χ4n) is 4.05. The molecule has 7 heteroatoms. The van der Waals surface area contributed by atoms with Crippen LogP contribution in [0.1, 0.15) is 27.0 Å². The number of rotatable bonds is 6. The second-order valence-corrected chi connectivity index (χ2v) is 9.58. The van der Waals surface area contributed by atoms with Crippen LogP contribution in [0.2, 0.25) is 0 Å². The first-order chi connectivity index (χ1) is 17.9. The van der Waals surface area contributed by atoms with Crippen molar-refractivity contribution in [3.05, 3.63) is 112 Å². The Balaban J connectivity index is 1.41. The Morgan fingerprint density at radius 3 is 2.43 bits per heavy atom. The summed E-state index contributed by atoms with van der Waals surface area (Å²) < 4.78 is 11.1. The maximum Gasteiger partial charge on any atom is 0.343 e. The molecule has 1 heterocycles. The van der Waals surface area contributed by atoms with E-state index in [1.165, 1.54) is 12.0 Å². The van der Waals surface area contributed by atoms with Crippen molar-refractivity contribution in [2.24, 2.45) is 0 Å². The molecule has 1 fully saturated rings. The van der Waals surface area contributed by atoms with E-state index in [-0.39, 0.29) is 22.4 Å². The SMILES string of the molecule is COc1cccc(/C=C2\SC(=O)N(Cc3ccc4ccccc4c3)C2=O)c1OC(=O)c1ccc(C)cc1. The summed E-state index contributed by atoms with van der Waals surface area (Å²) in [6.07, 6.45) is 1.56. The molecule has 4 aromatic carbocycles. The lowest BCUT2D eigenvalue weighted by molar-refractivity contribution is -0.123. The number of hydrogen-bond acceptors (Lipinski definition) is 6. The molecule has 1 aliphatic heterocycles. The molecule has 1 saturated heterocycles. The maximum absolute atomic E-state index is 13.2. The molecule has 0 radical (unpaired) electrons. The van der Waals surface area contributed by atoms with Gasteiger partial charge in [0.1, 0.15) is 0 Å². The minimum atomic E-state index is -0.552. The van der Waals surface area contributed by atoms with Crippen LogP contribution in [0.3, 0.4) is 0 Å². The average molecular weight is 510 g/mol. The fourth-order valence-corrected chi connectivity index (χ4v) is 4.88. The van der Waals surface area contributed by atoms with Gasteiger partial charge in [-0.05, 0) is 65.4 Å². The lowest BCUT2D eigenvalue weighted by atomic mass is 10.1. The molecule has 0 aliphatic carbocycles. The Labute approximate surface area is 218 Å². The van der Waals surface area contributed by atoms with Gasteiger partial charge in [-0.15, -0.1) is 0 Å². The number of thioether (sulfide) groups is 1. The number of aryl methyl sites for hydroxylation is 1. The van der Waals surface area contributed by atoms with E-state index >= 15 is 0 Å². The van der Waals surface area contributed by atoms with Crippen molar-refractivity contribution < 1.29 is 23.9 Å². The molecule has 0 spiro atoms. The summed E-state index contributed by atoms with van der Waals surface area (Å²) in [4.78, 5) is 40.3.